The number of benzene rings is 1. The van der Waals surface area contributed by atoms with Crippen molar-refractivity contribution in [1.82, 2.24) is 20.5 Å². The van der Waals surface area contributed by atoms with Crippen LogP contribution in [0, 0.1) is 23.7 Å². The smallest absolute Gasteiger partial charge is 0.287 e. The van der Waals surface area contributed by atoms with Crippen molar-refractivity contribution < 1.29 is 24.0 Å². The molecule has 2 aromatic heterocycles. The fourth-order valence-corrected chi connectivity index (χ4v) is 8.41. The van der Waals surface area contributed by atoms with Crippen LogP contribution in [0.2, 0.25) is 0 Å². The molecule has 4 aliphatic rings. The van der Waals surface area contributed by atoms with Gasteiger partial charge in [0.25, 0.3) is 17.4 Å². The Morgan fingerprint density at radius 1 is 1.00 bits per heavy atom. The van der Waals surface area contributed by atoms with Crippen LogP contribution in [0.25, 0.3) is 10.1 Å². The number of ketones is 1. The molecule has 44 heavy (non-hydrogen) atoms. The molecule has 4 aliphatic carbocycles. The summed E-state index contributed by atoms with van der Waals surface area (Å²) in [7, 11) is 1.33. The normalized spacial score (nSPS) is 23.7. The summed E-state index contributed by atoms with van der Waals surface area (Å²) < 4.78 is 2.14. The van der Waals surface area contributed by atoms with E-state index in [1.807, 2.05) is 24.3 Å². The molecule has 0 aliphatic heterocycles. The average Bonchev–Trinajstić information content (AvgIpc) is 3.65. The van der Waals surface area contributed by atoms with Crippen LogP contribution < -0.4 is 26.8 Å². The van der Waals surface area contributed by atoms with Gasteiger partial charge in [-0.05, 0) is 85.4 Å². The van der Waals surface area contributed by atoms with Crippen LogP contribution in [0.4, 0.5) is 5.69 Å². The van der Waals surface area contributed by atoms with Crippen molar-refractivity contribution in [3.05, 3.63) is 63.9 Å². The Kier molecular flexibility index (Phi) is 8.35. The van der Waals surface area contributed by atoms with Crippen LogP contribution in [-0.4, -0.2) is 53.1 Å². The van der Waals surface area contributed by atoms with Gasteiger partial charge in [-0.15, -0.1) is 11.3 Å². The van der Waals surface area contributed by atoms with Gasteiger partial charge >= 0.3 is 0 Å². The molecular formula is C32H35N5O6S. The fraction of sp³-hybridized carbons (Fsp3) is 0.438. The molecular weight excluding hydrogens is 582 g/mol. The topological polar surface area (TPSA) is 155 Å². The third-order valence-electron chi connectivity index (χ3n) is 9.39. The lowest BCUT2D eigenvalue weighted by atomic mass is 9.79. The minimum absolute atomic E-state index is 0.0670. The Bertz CT molecular complexity index is 1660. The summed E-state index contributed by atoms with van der Waals surface area (Å²) in [6, 6.07) is 11.1. The van der Waals surface area contributed by atoms with Crippen LogP contribution in [0.15, 0.2) is 53.5 Å². The number of carbonyl (C=O) groups is 5. The molecule has 4 bridgehead atoms. The monoisotopic (exact) mass is 617 g/mol. The zero-order valence-electron chi connectivity index (χ0n) is 24.3. The van der Waals surface area contributed by atoms with Crippen molar-refractivity contribution in [1.29, 1.82) is 0 Å². The minimum Gasteiger partial charge on any atom is -0.353 e. The predicted molar refractivity (Wildman–Crippen MR) is 165 cm³/mol. The number of hydrogen-bond donors (Lipinski definition) is 4. The number of nitrogens with zero attached hydrogens (tertiary/aromatic N) is 1. The van der Waals surface area contributed by atoms with Crippen molar-refractivity contribution in [3.63, 3.8) is 0 Å². The van der Waals surface area contributed by atoms with Gasteiger partial charge in [0, 0.05) is 30.4 Å². The molecule has 3 aromatic rings. The Morgan fingerprint density at radius 2 is 1.80 bits per heavy atom. The standard InChI is InChI=1S/C32H35N5O6S/c1-33-30(41)24(38)9-8-22(34-31(42)26-15-18-5-2-3-7-25(18)44-26)29(40)35-23-6-4-10-37(32(23)43)16-27(39)36-28-20-12-17-11-19(14-20)21(28)13-17/h2-7,10,15,17,19-22,28H,8-9,11-14,16H2,1H3,(H,33,41)(H,34,42)(H,35,40)(H,36,39)/t17?,19?,20?,21?,22-,28?/m0/s1. The Labute approximate surface area is 257 Å². The summed E-state index contributed by atoms with van der Waals surface area (Å²) in [5, 5.41) is 11.5. The number of thiophene rings is 1. The number of pyridine rings is 1. The molecule has 7 rings (SSSR count). The molecule has 12 heteroatoms. The molecule has 0 radical (unpaired) electrons. The van der Waals surface area contributed by atoms with E-state index in [2.05, 4.69) is 21.3 Å². The molecule has 1 aromatic carbocycles. The second kappa shape index (κ2) is 12.4. The van der Waals surface area contributed by atoms with Crippen molar-refractivity contribution in [2.45, 2.75) is 57.2 Å². The third kappa shape index (κ3) is 6.03. The highest BCUT2D eigenvalue weighted by Crippen LogP contribution is 2.58. The largest absolute Gasteiger partial charge is 0.353 e. The molecule has 0 spiro atoms. The lowest BCUT2D eigenvalue weighted by Crippen LogP contribution is -2.46. The predicted octanol–water partition coefficient (Wildman–Crippen LogP) is 2.45. The van der Waals surface area contributed by atoms with Gasteiger partial charge in [-0.3, -0.25) is 28.8 Å². The number of amides is 4. The molecule has 11 nitrogen and oxygen atoms in total. The van der Waals surface area contributed by atoms with Gasteiger partial charge in [0.1, 0.15) is 18.3 Å². The van der Waals surface area contributed by atoms with Gasteiger partial charge in [0.05, 0.1) is 4.88 Å². The van der Waals surface area contributed by atoms with Crippen LogP contribution >= 0.6 is 11.3 Å². The van der Waals surface area contributed by atoms with Crippen molar-refractivity contribution in [3.8, 4) is 0 Å². The maximum atomic E-state index is 13.4. The molecule has 4 saturated carbocycles. The van der Waals surface area contributed by atoms with Crippen molar-refractivity contribution in [2.24, 2.45) is 23.7 Å². The summed E-state index contributed by atoms with van der Waals surface area (Å²) in [4.78, 5) is 77.1. The number of hydrogen-bond acceptors (Lipinski definition) is 7. The summed E-state index contributed by atoms with van der Waals surface area (Å²) in [6.45, 7) is -0.181. The lowest BCUT2D eigenvalue weighted by Gasteiger charge is -2.32. The third-order valence-corrected chi connectivity index (χ3v) is 10.5. The van der Waals surface area contributed by atoms with Gasteiger partial charge in [0.15, 0.2) is 0 Å². The SMILES string of the molecule is CNC(=O)C(=O)CC[C@H](NC(=O)c1cc2ccccc2s1)C(=O)Nc1cccn(CC(=O)NC2C3CC4CC(C3)C2C4)c1=O. The molecule has 6 atom stereocenters. The highest BCUT2D eigenvalue weighted by Gasteiger charge is 2.54. The molecule has 2 heterocycles. The Balaban J connectivity index is 1.13. The van der Waals surface area contributed by atoms with E-state index in [0.717, 1.165) is 22.4 Å². The van der Waals surface area contributed by atoms with E-state index in [9.17, 15) is 28.8 Å². The minimum atomic E-state index is -1.22. The van der Waals surface area contributed by atoms with E-state index in [0.29, 0.717) is 22.6 Å². The number of aromatic nitrogens is 1. The molecule has 4 N–H and O–H groups in total. The first-order chi connectivity index (χ1) is 21.2. The van der Waals surface area contributed by atoms with E-state index < -0.39 is 35.1 Å². The lowest BCUT2D eigenvalue weighted by molar-refractivity contribution is -0.137. The first kappa shape index (κ1) is 29.7. The molecule has 4 amide bonds. The van der Waals surface area contributed by atoms with E-state index in [1.54, 1.807) is 12.1 Å². The number of nitrogens with one attached hydrogen (secondary N) is 4. The van der Waals surface area contributed by atoms with Crippen LogP contribution in [0.1, 0.15) is 48.2 Å². The zero-order chi connectivity index (χ0) is 31.0. The van der Waals surface area contributed by atoms with Crippen molar-refractivity contribution in [2.75, 3.05) is 12.4 Å². The number of fused-ring (bicyclic) bond motifs is 1. The number of anilines is 1. The van der Waals surface area contributed by atoms with Crippen LogP contribution in [-0.2, 0) is 25.7 Å². The summed E-state index contributed by atoms with van der Waals surface area (Å²) in [5.74, 6) is -0.488. The van der Waals surface area contributed by atoms with E-state index in [4.69, 9.17) is 0 Å². The van der Waals surface area contributed by atoms with Gasteiger partial charge in [-0.2, -0.15) is 0 Å². The quantitative estimate of drug-likeness (QED) is 0.242. The van der Waals surface area contributed by atoms with Gasteiger partial charge in [-0.25, -0.2) is 0 Å². The summed E-state index contributed by atoms with van der Waals surface area (Å²) in [5.41, 5.74) is -0.636. The first-order valence-electron chi connectivity index (χ1n) is 15.0. The maximum Gasteiger partial charge on any atom is 0.287 e. The van der Waals surface area contributed by atoms with E-state index in [-0.39, 0.29) is 37.0 Å². The number of Topliss-reactive ketones (excluding diaryl/α,β-unsaturated/α-hetero) is 1. The Hall–Kier alpha value is -4.32. The summed E-state index contributed by atoms with van der Waals surface area (Å²) in [6.07, 6.45) is 5.80. The number of carbonyl (C=O) groups excluding carboxylic acids is 5. The first-order valence-corrected chi connectivity index (χ1v) is 15.9. The second-order valence-electron chi connectivity index (χ2n) is 12.1. The molecule has 4 fully saturated rings. The average molecular weight is 618 g/mol. The molecule has 230 valence electrons. The van der Waals surface area contributed by atoms with Crippen LogP contribution in [0.3, 0.4) is 0 Å². The fourth-order valence-electron chi connectivity index (χ4n) is 7.44. The zero-order valence-corrected chi connectivity index (χ0v) is 25.2. The number of rotatable bonds is 11. The highest BCUT2D eigenvalue weighted by atomic mass is 32.1. The molecule has 5 unspecified atom stereocenters. The second-order valence-corrected chi connectivity index (χ2v) is 13.2. The van der Waals surface area contributed by atoms with Gasteiger partial charge < -0.3 is 25.8 Å². The van der Waals surface area contributed by atoms with E-state index in [1.165, 1.54) is 54.5 Å². The van der Waals surface area contributed by atoms with Gasteiger partial charge in [-0.1, -0.05) is 18.2 Å². The van der Waals surface area contributed by atoms with Gasteiger partial charge in [0.2, 0.25) is 17.6 Å². The maximum absolute atomic E-state index is 13.4. The highest BCUT2D eigenvalue weighted by molar-refractivity contribution is 7.20. The molecule has 0 saturated heterocycles. The summed E-state index contributed by atoms with van der Waals surface area (Å²) >= 11 is 1.26. The number of likely N-dealkylation sites (N-methyl/N-ethyl adjacent to an activating group) is 1. The van der Waals surface area contributed by atoms with Crippen molar-refractivity contribution >= 4 is 56.5 Å². The van der Waals surface area contributed by atoms with Crippen LogP contribution in [0.5, 0.6) is 0 Å². The van der Waals surface area contributed by atoms with E-state index >= 15 is 0 Å². The Morgan fingerprint density at radius 3 is 2.57 bits per heavy atom.